The first-order valence-electron chi connectivity index (χ1n) is 14.1. The fourth-order valence-electron chi connectivity index (χ4n) is 6.18. The Labute approximate surface area is 256 Å². The number of fused-ring (bicyclic) bond motifs is 3. The molecule has 10 nitrogen and oxygen atoms in total. The fraction of sp³-hybridized carbons (Fsp3) is 0.355. The molecule has 2 aliphatic heterocycles. The Hall–Kier alpha value is -4.20. The van der Waals surface area contributed by atoms with Gasteiger partial charge in [0.1, 0.15) is 11.9 Å². The molecule has 230 valence electrons. The molecule has 2 aromatic carbocycles. The number of thiophene rings is 1. The molecule has 2 saturated heterocycles. The fourth-order valence-corrected chi connectivity index (χ4v) is 7.09. The van der Waals surface area contributed by atoms with Gasteiger partial charge in [0, 0.05) is 38.9 Å². The first-order valence-corrected chi connectivity index (χ1v) is 15.0. The average Bonchev–Trinajstić information content (AvgIpc) is 3.78. The zero-order valence-electron chi connectivity index (χ0n) is 24.0. The minimum atomic E-state index is -3.18. The van der Waals surface area contributed by atoms with E-state index in [1.165, 1.54) is 41.4 Å². The van der Waals surface area contributed by atoms with Crippen molar-refractivity contribution in [2.75, 3.05) is 26.3 Å². The highest BCUT2D eigenvalue weighted by Gasteiger charge is 2.52. The van der Waals surface area contributed by atoms with Gasteiger partial charge in [-0.1, -0.05) is 24.3 Å². The zero-order valence-corrected chi connectivity index (χ0v) is 24.9. The molecule has 1 aromatic heterocycles. The number of halogens is 2. The van der Waals surface area contributed by atoms with Crippen molar-refractivity contribution in [3.05, 3.63) is 80.5 Å². The van der Waals surface area contributed by atoms with Gasteiger partial charge in [0.15, 0.2) is 5.79 Å². The number of nitrogens with zero attached hydrogens (tertiary/aromatic N) is 1. The molecule has 1 unspecified atom stereocenters. The standard InChI is InChI=1S/C31H31F2N5O5S/c1-16-9-18(10-21-20-5-3-4-6-22(20)31(32,33)26(16)21)28(40)36-13-25(39)38-15-30(42-7-8-43-30)12-23(38)29(41)37-17(2)24-11-19(14-44-24)27(34)35/h3-6,9-11,14,17,23H,7-8,12-13,15H2,1-2H3,(H3,34,35)(H,36,40)(H,37,41)/t17?,23-/m0/s1. The Bertz CT molecular complexity index is 1690. The zero-order chi connectivity index (χ0) is 31.4. The van der Waals surface area contributed by atoms with Crippen LogP contribution in [0.25, 0.3) is 11.1 Å². The third-order valence-corrected chi connectivity index (χ3v) is 9.43. The number of amides is 3. The Morgan fingerprint density at radius 1 is 1.14 bits per heavy atom. The van der Waals surface area contributed by atoms with Gasteiger partial charge >= 0.3 is 0 Å². The summed E-state index contributed by atoms with van der Waals surface area (Å²) >= 11 is 1.36. The predicted molar refractivity (Wildman–Crippen MR) is 159 cm³/mol. The number of rotatable bonds is 7. The van der Waals surface area contributed by atoms with Gasteiger partial charge in [0.25, 0.3) is 11.8 Å². The number of amidine groups is 1. The van der Waals surface area contributed by atoms with E-state index in [9.17, 15) is 14.4 Å². The van der Waals surface area contributed by atoms with Crippen LogP contribution in [0.4, 0.5) is 8.78 Å². The molecule has 3 heterocycles. The summed E-state index contributed by atoms with van der Waals surface area (Å²) in [6.45, 7) is 3.56. The van der Waals surface area contributed by atoms with Crippen LogP contribution in [0.2, 0.25) is 0 Å². The summed E-state index contributed by atoms with van der Waals surface area (Å²) in [6.07, 6.45) is 0.117. The number of hydrogen-bond acceptors (Lipinski definition) is 7. The van der Waals surface area contributed by atoms with Gasteiger partial charge in [-0.25, -0.2) is 0 Å². The first kappa shape index (κ1) is 29.9. The lowest BCUT2D eigenvalue weighted by molar-refractivity contribution is -0.152. The van der Waals surface area contributed by atoms with E-state index < -0.39 is 48.1 Å². The topological polar surface area (TPSA) is 147 Å². The van der Waals surface area contributed by atoms with E-state index in [1.54, 1.807) is 36.6 Å². The second-order valence-electron chi connectivity index (χ2n) is 11.2. The van der Waals surface area contributed by atoms with Gasteiger partial charge in [0.2, 0.25) is 11.8 Å². The molecule has 0 saturated carbocycles. The van der Waals surface area contributed by atoms with Gasteiger partial charge in [-0.15, -0.1) is 11.3 Å². The number of nitrogens with one attached hydrogen (secondary N) is 3. The maximum atomic E-state index is 15.2. The van der Waals surface area contributed by atoms with Crippen LogP contribution in [0.3, 0.4) is 0 Å². The molecule has 3 amide bonds. The third-order valence-electron chi connectivity index (χ3n) is 8.31. The average molecular weight is 624 g/mol. The number of carbonyl (C=O) groups excluding carboxylic acids is 3. The minimum Gasteiger partial charge on any atom is -0.384 e. The number of nitrogens with two attached hydrogens (primary N) is 1. The normalized spacial score (nSPS) is 19.8. The number of benzene rings is 2. The van der Waals surface area contributed by atoms with Crippen molar-refractivity contribution in [1.29, 1.82) is 5.41 Å². The second kappa shape index (κ2) is 11.1. The molecule has 0 bridgehead atoms. The van der Waals surface area contributed by atoms with Crippen molar-refractivity contribution in [2.24, 2.45) is 5.73 Å². The number of alkyl halides is 2. The number of hydrogen-bond donors (Lipinski definition) is 4. The minimum absolute atomic E-state index is 0.00543. The van der Waals surface area contributed by atoms with Crippen LogP contribution in [0, 0.1) is 12.3 Å². The summed E-state index contributed by atoms with van der Waals surface area (Å²) in [5, 5.41) is 14.9. The number of aryl methyl sites for hydroxylation is 1. The van der Waals surface area contributed by atoms with Crippen LogP contribution in [0.15, 0.2) is 47.8 Å². The Kier molecular flexibility index (Phi) is 7.50. The van der Waals surface area contributed by atoms with Crippen LogP contribution >= 0.6 is 11.3 Å². The van der Waals surface area contributed by atoms with E-state index in [1.807, 2.05) is 0 Å². The van der Waals surface area contributed by atoms with Crippen molar-refractivity contribution in [1.82, 2.24) is 15.5 Å². The molecule has 2 atom stereocenters. The van der Waals surface area contributed by atoms with Crippen LogP contribution in [-0.2, 0) is 25.0 Å². The summed E-state index contributed by atoms with van der Waals surface area (Å²) in [7, 11) is 0. The van der Waals surface area contributed by atoms with Crippen molar-refractivity contribution in [2.45, 2.75) is 44.1 Å². The summed E-state index contributed by atoms with van der Waals surface area (Å²) < 4.78 is 41.9. The largest absolute Gasteiger partial charge is 0.384 e. The van der Waals surface area contributed by atoms with Crippen LogP contribution in [0.1, 0.15) is 56.9 Å². The summed E-state index contributed by atoms with van der Waals surface area (Å²) in [5.74, 6) is -5.91. The molecule has 5 N–H and O–H groups in total. The van der Waals surface area contributed by atoms with Crippen molar-refractivity contribution >= 4 is 34.9 Å². The molecule has 44 heavy (non-hydrogen) atoms. The molecule has 3 aliphatic rings. The van der Waals surface area contributed by atoms with E-state index in [2.05, 4.69) is 10.6 Å². The molecule has 6 rings (SSSR count). The molecule has 1 aliphatic carbocycles. The molecule has 0 radical (unpaired) electrons. The Morgan fingerprint density at radius 2 is 1.86 bits per heavy atom. The van der Waals surface area contributed by atoms with E-state index >= 15 is 8.78 Å². The molecular formula is C31H31F2N5O5S. The second-order valence-corrected chi connectivity index (χ2v) is 12.2. The number of ether oxygens (including phenoxy) is 2. The molecule has 3 aromatic rings. The molecule has 2 fully saturated rings. The van der Waals surface area contributed by atoms with Crippen molar-refractivity contribution < 1.29 is 32.6 Å². The first-order chi connectivity index (χ1) is 20.9. The highest BCUT2D eigenvalue weighted by atomic mass is 32.1. The summed E-state index contributed by atoms with van der Waals surface area (Å²) in [6, 6.07) is 9.41. The van der Waals surface area contributed by atoms with E-state index in [-0.39, 0.29) is 46.6 Å². The van der Waals surface area contributed by atoms with Gasteiger partial charge < -0.3 is 30.7 Å². The molecule has 1 spiro atoms. The number of likely N-dealkylation sites (tertiary alicyclic amines) is 1. The van der Waals surface area contributed by atoms with Crippen molar-refractivity contribution in [3.63, 3.8) is 0 Å². The highest BCUT2D eigenvalue weighted by molar-refractivity contribution is 7.10. The van der Waals surface area contributed by atoms with E-state index in [0.29, 0.717) is 24.3 Å². The van der Waals surface area contributed by atoms with Crippen molar-refractivity contribution in [3.8, 4) is 11.1 Å². The molecule has 13 heteroatoms. The van der Waals surface area contributed by atoms with Gasteiger partial charge in [-0.2, -0.15) is 8.78 Å². The van der Waals surface area contributed by atoms with Gasteiger partial charge in [-0.3, -0.25) is 19.8 Å². The van der Waals surface area contributed by atoms with Gasteiger partial charge in [-0.05, 0) is 48.7 Å². The molecular weight excluding hydrogens is 592 g/mol. The van der Waals surface area contributed by atoms with Crippen LogP contribution < -0.4 is 16.4 Å². The predicted octanol–water partition coefficient (Wildman–Crippen LogP) is 3.41. The van der Waals surface area contributed by atoms with E-state index in [0.717, 1.165) is 4.88 Å². The maximum absolute atomic E-state index is 15.2. The lowest BCUT2D eigenvalue weighted by Crippen LogP contribution is -2.49. The van der Waals surface area contributed by atoms with E-state index in [4.69, 9.17) is 20.6 Å². The summed E-state index contributed by atoms with van der Waals surface area (Å²) in [4.78, 5) is 42.2. The number of nitrogen functional groups attached to an aromatic ring is 1. The van der Waals surface area contributed by atoms with Crippen LogP contribution in [0.5, 0.6) is 0 Å². The maximum Gasteiger partial charge on any atom is 0.299 e. The van der Waals surface area contributed by atoms with Crippen LogP contribution in [-0.4, -0.2) is 66.6 Å². The lowest BCUT2D eigenvalue weighted by Gasteiger charge is -2.25. The number of carbonyl (C=O) groups is 3. The smallest absolute Gasteiger partial charge is 0.299 e. The third kappa shape index (κ3) is 5.14. The summed E-state index contributed by atoms with van der Waals surface area (Å²) in [5.41, 5.74) is 6.94. The lowest BCUT2D eigenvalue weighted by atomic mass is 9.97. The van der Waals surface area contributed by atoms with Gasteiger partial charge in [0.05, 0.1) is 32.3 Å². The quantitative estimate of drug-likeness (QED) is 0.234. The SMILES string of the molecule is Cc1cc(C(=O)NCC(=O)N2CC3(C[C@H]2C(=O)NC(C)c2cc(C(=N)N)cs2)OCCO3)cc2c1C(F)(F)c1ccccc1-2. The Morgan fingerprint density at radius 3 is 2.57 bits per heavy atom. The monoisotopic (exact) mass is 623 g/mol. The highest BCUT2D eigenvalue weighted by Crippen LogP contribution is 2.52. The Balaban J connectivity index is 1.17.